The zero-order chi connectivity index (χ0) is 15.4. The van der Waals surface area contributed by atoms with Gasteiger partial charge in [0.15, 0.2) is 6.04 Å². The highest BCUT2D eigenvalue weighted by molar-refractivity contribution is 9.10. The third-order valence-corrected chi connectivity index (χ3v) is 3.46. The normalized spacial score (nSPS) is 11.7. The maximum absolute atomic E-state index is 12.2. The third-order valence-electron chi connectivity index (χ3n) is 2.78. The van der Waals surface area contributed by atoms with Crippen LogP contribution >= 0.6 is 27.5 Å². The van der Waals surface area contributed by atoms with Gasteiger partial charge in [-0.05, 0) is 23.8 Å². The van der Waals surface area contributed by atoms with Crippen molar-refractivity contribution in [1.29, 1.82) is 0 Å². The fourth-order valence-electron chi connectivity index (χ4n) is 1.83. The molecule has 2 aromatic carbocycles. The Bertz CT molecular complexity index is 656. The quantitative estimate of drug-likeness (QED) is 0.865. The number of rotatable bonds is 4. The molecular formula is C15H11BrClNO3. The van der Waals surface area contributed by atoms with Gasteiger partial charge in [-0.25, -0.2) is 4.79 Å². The second kappa shape index (κ2) is 6.74. The molecule has 6 heteroatoms. The van der Waals surface area contributed by atoms with Crippen LogP contribution in [-0.2, 0) is 4.79 Å². The molecule has 21 heavy (non-hydrogen) atoms. The summed E-state index contributed by atoms with van der Waals surface area (Å²) < 4.78 is 0.645. The lowest BCUT2D eigenvalue weighted by Crippen LogP contribution is -2.33. The van der Waals surface area contributed by atoms with Gasteiger partial charge in [0.05, 0.1) is 0 Å². The molecule has 0 saturated carbocycles. The van der Waals surface area contributed by atoms with E-state index in [4.69, 9.17) is 11.6 Å². The first-order valence-electron chi connectivity index (χ1n) is 6.02. The van der Waals surface area contributed by atoms with Crippen molar-refractivity contribution in [2.45, 2.75) is 6.04 Å². The van der Waals surface area contributed by atoms with Crippen LogP contribution < -0.4 is 5.32 Å². The number of aliphatic carboxylic acids is 1. The number of halogens is 2. The van der Waals surface area contributed by atoms with E-state index in [1.807, 2.05) is 0 Å². The molecule has 0 aromatic heterocycles. The van der Waals surface area contributed by atoms with Crippen LogP contribution in [0.1, 0.15) is 22.0 Å². The average molecular weight is 369 g/mol. The van der Waals surface area contributed by atoms with E-state index in [1.54, 1.807) is 42.5 Å². The highest BCUT2D eigenvalue weighted by Crippen LogP contribution is 2.20. The van der Waals surface area contributed by atoms with Crippen LogP contribution in [0.2, 0.25) is 5.02 Å². The van der Waals surface area contributed by atoms with Crippen LogP contribution in [-0.4, -0.2) is 17.0 Å². The van der Waals surface area contributed by atoms with Crippen molar-refractivity contribution in [3.8, 4) is 0 Å². The Morgan fingerprint density at radius 2 is 1.81 bits per heavy atom. The molecule has 0 saturated heterocycles. The van der Waals surface area contributed by atoms with E-state index >= 15 is 0 Å². The summed E-state index contributed by atoms with van der Waals surface area (Å²) in [4.78, 5) is 23.5. The molecule has 1 unspecified atom stereocenters. The Kier molecular flexibility index (Phi) is 4.98. The van der Waals surface area contributed by atoms with E-state index in [9.17, 15) is 14.7 Å². The molecule has 0 heterocycles. The number of carboxylic acid groups (broad SMARTS) is 1. The van der Waals surface area contributed by atoms with Gasteiger partial charge in [-0.15, -0.1) is 0 Å². The second-order valence-corrected chi connectivity index (χ2v) is 5.67. The first kappa shape index (κ1) is 15.5. The Hall–Kier alpha value is -1.85. The van der Waals surface area contributed by atoms with Crippen LogP contribution in [0.25, 0.3) is 0 Å². The smallest absolute Gasteiger partial charge is 0.330 e. The van der Waals surface area contributed by atoms with E-state index in [0.29, 0.717) is 15.1 Å². The number of carbonyl (C=O) groups is 2. The topological polar surface area (TPSA) is 66.4 Å². The zero-order valence-electron chi connectivity index (χ0n) is 10.7. The maximum atomic E-state index is 12.2. The van der Waals surface area contributed by atoms with Crippen molar-refractivity contribution in [3.63, 3.8) is 0 Å². The van der Waals surface area contributed by atoms with Gasteiger partial charge < -0.3 is 10.4 Å². The minimum atomic E-state index is -1.13. The SMILES string of the molecule is O=C(NC(C(=O)O)c1ccccc1)c1cc(Cl)cc(Br)c1. The largest absolute Gasteiger partial charge is 0.479 e. The van der Waals surface area contributed by atoms with Crippen LogP contribution in [0.5, 0.6) is 0 Å². The van der Waals surface area contributed by atoms with Crippen molar-refractivity contribution in [1.82, 2.24) is 5.32 Å². The maximum Gasteiger partial charge on any atom is 0.330 e. The molecule has 2 aromatic rings. The second-order valence-electron chi connectivity index (χ2n) is 4.31. The molecule has 0 fully saturated rings. The molecule has 0 aliphatic carbocycles. The zero-order valence-corrected chi connectivity index (χ0v) is 13.1. The molecule has 1 atom stereocenters. The lowest BCUT2D eigenvalue weighted by Gasteiger charge is -2.15. The summed E-state index contributed by atoms with van der Waals surface area (Å²) in [5.41, 5.74) is 0.788. The molecule has 0 aliphatic rings. The van der Waals surface area contributed by atoms with E-state index in [-0.39, 0.29) is 5.56 Å². The highest BCUT2D eigenvalue weighted by Gasteiger charge is 2.22. The van der Waals surface area contributed by atoms with E-state index in [1.165, 1.54) is 6.07 Å². The van der Waals surface area contributed by atoms with Gasteiger partial charge in [0.2, 0.25) is 0 Å². The summed E-state index contributed by atoms with van der Waals surface area (Å²) in [6.07, 6.45) is 0. The number of hydrogen-bond acceptors (Lipinski definition) is 2. The van der Waals surface area contributed by atoms with Crippen molar-refractivity contribution in [2.75, 3.05) is 0 Å². The van der Waals surface area contributed by atoms with Gasteiger partial charge in [-0.2, -0.15) is 0 Å². The van der Waals surface area contributed by atoms with Gasteiger partial charge in [0, 0.05) is 15.1 Å². The Morgan fingerprint density at radius 1 is 1.14 bits per heavy atom. The van der Waals surface area contributed by atoms with Crippen molar-refractivity contribution in [2.24, 2.45) is 0 Å². The first-order chi connectivity index (χ1) is 9.97. The van der Waals surface area contributed by atoms with Crippen LogP contribution in [0.3, 0.4) is 0 Å². The molecular weight excluding hydrogens is 358 g/mol. The molecule has 108 valence electrons. The summed E-state index contributed by atoms with van der Waals surface area (Å²) in [5.74, 6) is -1.63. The molecule has 0 bridgehead atoms. The Morgan fingerprint density at radius 3 is 2.38 bits per heavy atom. The minimum absolute atomic E-state index is 0.288. The van der Waals surface area contributed by atoms with Gasteiger partial charge in [-0.1, -0.05) is 57.9 Å². The fraction of sp³-hybridized carbons (Fsp3) is 0.0667. The Balaban J connectivity index is 2.25. The standard InChI is InChI=1S/C15H11BrClNO3/c16-11-6-10(7-12(17)8-11)14(19)18-13(15(20)21)9-4-2-1-3-5-9/h1-8,13H,(H,18,19)(H,20,21). The molecule has 4 nitrogen and oxygen atoms in total. The molecule has 1 amide bonds. The Labute approximate surface area is 134 Å². The average Bonchev–Trinajstić information content (AvgIpc) is 2.44. The third kappa shape index (κ3) is 4.06. The van der Waals surface area contributed by atoms with Crippen molar-refractivity contribution >= 4 is 39.4 Å². The number of carboxylic acids is 1. The highest BCUT2D eigenvalue weighted by atomic mass is 79.9. The summed E-state index contributed by atoms with van der Waals surface area (Å²) >= 11 is 9.12. The molecule has 2 rings (SSSR count). The molecule has 2 N–H and O–H groups in total. The number of carbonyl (C=O) groups excluding carboxylic acids is 1. The predicted octanol–water partition coefficient (Wildman–Crippen LogP) is 3.66. The number of hydrogen-bond donors (Lipinski definition) is 2. The summed E-state index contributed by atoms with van der Waals surface area (Å²) in [6, 6.07) is 12.1. The van der Waals surface area contributed by atoms with E-state index in [2.05, 4.69) is 21.2 Å². The van der Waals surface area contributed by atoms with Crippen LogP contribution in [0, 0.1) is 0 Å². The van der Waals surface area contributed by atoms with Crippen LogP contribution in [0.4, 0.5) is 0 Å². The van der Waals surface area contributed by atoms with Crippen molar-refractivity contribution < 1.29 is 14.7 Å². The summed E-state index contributed by atoms with van der Waals surface area (Å²) in [5, 5.41) is 12.2. The van der Waals surface area contributed by atoms with Crippen molar-refractivity contribution in [3.05, 3.63) is 69.2 Å². The molecule has 0 spiro atoms. The van der Waals surface area contributed by atoms with Gasteiger partial charge in [0.1, 0.15) is 0 Å². The summed E-state index contributed by atoms with van der Waals surface area (Å²) in [6.45, 7) is 0. The van der Waals surface area contributed by atoms with Crippen LogP contribution in [0.15, 0.2) is 53.0 Å². The monoisotopic (exact) mass is 367 g/mol. The van der Waals surface area contributed by atoms with E-state index < -0.39 is 17.9 Å². The van der Waals surface area contributed by atoms with Gasteiger partial charge in [0.25, 0.3) is 5.91 Å². The first-order valence-corrected chi connectivity index (χ1v) is 7.19. The minimum Gasteiger partial charge on any atom is -0.479 e. The fourth-order valence-corrected chi connectivity index (χ4v) is 2.69. The molecule has 0 aliphatic heterocycles. The lowest BCUT2D eigenvalue weighted by molar-refractivity contribution is -0.139. The number of amides is 1. The predicted molar refractivity (Wildman–Crippen MR) is 83.4 cm³/mol. The number of nitrogens with one attached hydrogen (secondary N) is 1. The summed E-state index contributed by atoms with van der Waals surface area (Å²) in [7, 11) is 0. The van der Waals surface area contributed by atoms with Gasteiger partial charge in [-0.3, -0.25) is 4.79 Å². The lowest BCUT2D eigenvalue weighted by atomic mass is 10.1. The van der Waals surface area contributed by atoms with Gasteiger partial charge >= 0.3 is 5.97 Å². The van der Waals surface area contributed by atoms with E-state index in [0.717, 1.165) is 0 Å². The molecule has 0 radical (unpaired) electrons. The number of benzene rings is 2.